The summed E-state index contributed by atoms with van der Waals surface area (Å²) in [6, 6.07) is 10.9. The third-order valence-corrected chi connectivity index (χ3v) is 4.07. The van der Waals surface area contributed by atoms with E-state index in [0.717, 1.165) is 34.7 Å². The van der Waals surface area contributed by atoms with Crippen LogP contribution >= 0.6 is 23.2 Å². The van der Waals surface area contributed by atoms with Crippen LogP contribution in [0.1, 0.15) is 29.7 Å². The Labute approximate surface area is 135 Å². The number of aryl methyl sites for hydroxylation is 1. The molecule has 0 saturated carbocycles. The summed E-state index contributed by atoms with van der Waals surface area (Å²) in [7, 11) is 0. The fourth-order valence-electron chi connectivity index (χ4n) is 2.32. The zero-order valence-electron chi connectivity index (χ0n) is 12.1. The fraction of sp³-hybridized carbons (Fsp3) is 0.294. The van der Waals surface area contributed by atoms with Crippen molar-refractivity contribution in [2.45, 2.75) is 26.3 Å². The number of benzene rings is 2. The van der Waals surface area contributed by atoms with E-state index in [1.165, 1.54) is 6.07 Å². The predicted octanol–water partition coefficient (Wildman–Crippen LogP) is 5.33. The summed E-state index contributed by atoms with van der Waals surface area (Å²) in [5, 5.41) is 4.30. The average Bonchev–Trinajstić information content (AvgIpc) is 2.44. The van der Waals surface area contributed by atoms with E-state index < -0.39 is 5.82 Å². The monoisotopic (exact) mass is 325 g/mol. The molecule has 0 amide bonds. The number of hydrogen-bond acceptors (Lipinski definition) is 1. The summed E-state index contributed by atoms with van der Waals surface area (Å²) in [5.41, 5.74) is 3.15. The van der Waals surface area contributed by atoms with Crippen molar-refractivity contribution in [2.24, 2.45) is 0 Å². The lowest BCUT2D eigenvalue weighted by atomic mass is 9.98. The minimum atomic E-state index is -0.399. The summed E-state index contributed by atoms with van der Waals surface area (Å²) in [6.07, 6.45) is 0.731. The van der Waals surface area contributed by atoms with E-state index in [0.29, 0.717) is 0 Å². The minimum Gasteiger partial charge on any atom is -0.310 e. The van der Waals surface area contributed by atoms with E-state index in [-0.39, 0.29) is 11.1 Å². The summed E-state index contributed by atoms with van der Waals surface area (Å²) < 4.78 is 13.3. The number of hydrogen-bond donors (Lipinski definition) is 1. The average molecular weight is 326 g/mol. The van der Waals surface area contributed by atoms with E-state index in [2.05, 4.69) is 5.32 Å². The van der Waals surface area contributed by atoms with E-state index in [1.807, 2.05) is 32.0 Å². The number of halogens is 3. The van der Waals surface area contributed by atoms with Crippen LogP contribution in [-0.2, 0) is 6.42 Å². The highest BCUT2D eigenvalue weighted by atomic mass is 35.5. The molecule has 112 valence electrons. The van der Waals surface area contributed by atoms with Crippen LogP contribution in [0.3, 0.4) is 0 Å². The Kier molecular flexibility index (Phi) is 5.63. The van der Waals surface area contributed by atoms with Crippen molar-refractivity contribution in [1.29, 1.82) is 0 Å². The maximum absolute atomic E-state index is 13.3. The number of nitrogens with one attached hydrogen (secondary N) is 1. The van der Waals surface area contributed by atoms with Crippen molar-refractivity contribution in [3.8, 4) is 0 Å². The highest BCUT2D eigenvalue weighted by Crippen LogP contribution is 2.27. The van der Waals surface area contributed by atoms with Gasteiger partial charge in [0, 0.05) is 11.1 Å². The van der Waals surface area contributed by atoms with Gasteiger partial charge >= 0.3 is 0 Å². The molecule has 4 heteroatoms. The normalized spacial score (nSPS) is 12.4. The second kappa shape index (κ2) is 7.26. The number of rotatable bonds is 5. The Hall–Kier alpha value is -1.09. The summed E-state index contributed by atoms with van der Waals surface area (Å²) in [4.78, 5) is 0. The largest absolute Gasteiger partial charge is 0.310 e. The molecule has 0 bridgehead atoms. The molecule has 0 aliphatic heterocycles. The topological polar surface area (TPSA) is 12.0 Å². The fourth-order valence-corrected chi connectivity index (χ4v) is 2.82. The standard InChI is InChI=1S/C17H18Cl2FN/c1-3-21-17(13-6-7-16(20)15(19)9-13)10-12-5-4-11(2)8-14(12)18/h4-9,17,21H,3,10H2,1-2H3. The van der Waals surface area contributed by atoms with Gasteiger partial charge in [0.25, 0.3) is 0 Å². The second-order valence-corrected chi connectivity index (χ2v) is 5.90. The van der Waals surface area contributed by atoms with E-state index in [4.69, 9.17) is 23.2 Å². The molecule has 2 rings (SSSR count). The molecule has 21 heavy (non-hydrogen) atoms. The molecule has 0 fully saturated rings. The number of likely N-dealkylation sites (N-methyl/N-ethyl adjacent to an activating group) is 1. The molecule has 0 heterocycles. The minimum absolute atomic E-state index is 0.0494. The van der Waals surface area contributed by atoms with Gasteiger partial charge in [-0.3, -0.25) is 0 Å². The molecule has 2 aromatic rings. The molecule has 0 spiro atoms. The first-order chi connectivity index (χ1) is 10.0. The highest BCUT2D eigenvalue weighted by Gasteiger charge is 2.14. The van der Waals surface area contributed by atoms with Gasteiger partial charge in [0.05, 0.1) is 5.02 Å². The quantitative estimate of drug-likeness (QED) is 0.782. The molecule has 0 aliphatic carbocycles. The van der Waals surface area contributed by atoms with Crippen molar-refractivity contribution in [3.63, 3.8) is 0 Å². The smallest absolute Gasteiger partial charge is 0.141 e. The summed E-state index contributed by atoms with van der Waals surface area (Å²) in [5.74, 6) is -0.399. The second-order valence-electron chi connectivity index (χ2n) is 5.08. The first-order valence-corrected chi connectivity index (χ1v) is 7.70. The van der Waals surface area contributed by atoms with E-state index in [1.54, 1.807) is 12.1 Å². The van der Waals surface area contributed by atoms with E-state index >= 15 is 0 Å². The van der Waals surface area contributed by atoms with Crippen molar-refractivity contribution in [3.05, 3.63) is 69.0 Å². The van der Waals surface area contributed by atoms with Gasteiger partial charge in [0.2, 0.25) is 0 Å². The van der Waals surface area contributed by atoms with Crippen LogP contribution in [0.5, 0.6) is 0 Å². The molecule has 0 radical (unpaired) electrons. The van der Waals surface area contributed by atoms with Crippen LogP contribution in [-0.4, -0.2) is 6.54 Å². The predicted molar refractivity (Wildman–Crippen MR) is 87.7 cm³/mol. The Morgan fingerprint density at radius 1 is 1.10 bits per heavy atom. The molecule has 1 N–H and O–H groups in total. The SMILES string of the molecule is CCNC(Cc1ccc(C)cc1Cl)c1ccc(F)c(Cl)c1. The third kappa shape index (κ3) is 4.19. The third-order valence-electron chi connectivity index (χ3n) is 3.43. The van der Waals surface area contributed by atoms with Gasteiger partial charge in [-0.05, 0) is 54.8 Å². The van der Waals surface area contributed by atoms with Crippen LogP contribution in [0.25, 0.3) is 0 Å². The van der Waals surface area contributed by atoms with Gasteiger partial charge < -0.3 is 5.32 Å². The van der Waals surface area contributed by atoms with Crippen molar-refractivity contribution < 1.29 is 4.39 Å². The highest BCUT2D eigenvalue weighted by molar-refractivity contribution is 6.31. The Morgan fingerprint density at radius 3 is 2.48 bits per heavy atom. The van der Waals surface area contributed by atoms with Gasteiger partial charge in [-0.15, -0.1) is 0 Å². The van der Waals surface area contributed by atoms with Crippen LogP contribution in [0.2, 0.25) is 10.0 Å². The van der Waals surface area contributed by atoms with Crippen LogP contribution in [0.15, 0.2) is 36.4 Å². The van der Waals surface area contributed by atoms with Crippen LogP contribution in [0.4, 0.5) is 4.39 Å². The van der Waals surface area contributed by atoms with E-state index in [9.17, 15) is 4.39 Å². The van der Waals surface area contributed by atoms with Crippen LogP contribution < -0.4 is 5.32 Å². The maximum atomic E-state index is 13.3. The van der Waals surface area contributed by atoms with Gasteiger partial charge in [0.1, 0.15) is 5.82 Å². The Morgan fingerprint density at radius 2 is 1.86 bits per heavy atom. The summed E-state index contributed by atoms with van der Waals surface area (Å²) >= 11 is 12.2. The molecular formula is C17H18Cl2FN. The van der Waals surface area contributed by atoms with Crippen LogP contribution in [0, 0.1) is 12.7 Å². The first-order valence-electron chi connectivity index (χ1n) is 6.94. The van der Waals surface area contributed by atoms with Gasteiger partial charge in [-0.25, -0.2) is 4.39 Å². The molecule has 0 aliphatic rings. The lowest BCUT2D eigenvalue weighted by Crippen LogP contribution is -2.23. The van der Waals surface area contributed by atoms with Gasteiger partial charge in [-0.2, -0.15) is 0 Å². The zero-order chi connectivity index (χ0) is 15.4. The molecule has 1 nitrogen and oxygen atoms in total. The van der Waals surface area contributed by atoms with Crippen molar-refractivity contribution in [1.82, 2.24) is 5.32 Å². The van der Waals surface area contributed by atoms with Gasteiger partial charge in [0.15, 0.2) is 0 Å². The molecule has 1 atom stereocenters. The van der Waals surface area contributed by atoms with Crippen molar-refractivity contribution in [2.75, 3.05) is 6.54 Å². The lowest BCUT2D eigenvalue weighted by molar-refractivity contribution is 0.547. The Bertz CT molecular complexity index is 628. The molecule has 0 saturated heterocycles. The lowest BCUT2D eigenvalue weighted by Gasteiger charge is -2.20. The Balaban J connectivity index is 2.28. The first kappa shape index (κ1) is 16.3. The molecular weight excluding hydrogens is 308 g/mol. The maximum Gasteiger partial charge on any atom is 0.141 e. The molecule has 0 aromatic heterocycles. The summed E-state index contributed by atoms with van der Waals surface area (Å²) in [6.45, 7) is 4.86. The molecule has 1 unspecified atom stereocenters. The van der Waals surface area contributed by atoms with Crippen molar-refractivity contribution >= 4 is 23.2 Å². The van der Waals surface area contributed by atoms with Gasteiger partial charge in [-0.1, -0.05) is 48.3 Å². The zero-order valence-corrected chi connectivity index (χ0v) is 13.6. The molecule has 2 aromatic carbocycles.